The third kappa shape index (κ3) is 2.39. The molecule has 0 bridgehead atoms. The molecule has 0 saturated carbocycles. The molecule has 1 aromatic heterocycles. The first-order chi connectivity index (χ1) is 7.81. The second-order valence-electron chi connectivity index (χ2n) is 4.02. The highest BCUT2D eigenvalue weighted by molar-refractivity contribution is 5.98. The summed E-state index contributed by atoms with van der Waals surface area (Å²) in [6, 6.07) is 1.75. The topological polar surface area (TPSA) is 51.2 Å². The molecule has 0 spiro atoms. The van der Waals surface area contributed by atoms with E-state index in [-0.39, 0.29) is 11.7 Å². The van der Waals surface area contributed by atoms with Crippen molar-refractivity contribution in [2.75, 3.05) is 20.2 Å². The molecule has 1 aromatic rings. The molecule has 1 N–H and O–H groups in total. The summed E-state index contributed by atoms with van der Waals surface area (Å²) in [5.74, 6) is 0.885. The number of Topliss-reactive ketones (excluding diaryl/α,β-unsaturated/α-hetero) is 1. The molecule has 0 aliphatic carbocycles. The van der Waals surface area contributed by atoms with E-state index < -0.39 is 0 Å². The first kappa shape index (κ1) is 11.1. The van der Waals surface area contributed by atoms with Crippen molar-refractivity contribution in [1.82, 2.24) is 10.3 Å². The number of pyridine rings is 1. The maximum absolute atomic E-state index is 12.1. The summed E-state index contributed by atoms with van der Waals surface area (Å²) in [5.41, 5.74) is 0.646. The lowest BCUT2D eigenvalue weighted by molar-refractivity contribution is 0.0899. The van der Waals surface area contributed by atoms with Gasteiger partial charge < -0.3 is 10.1 Å². The Labute approximate surface area is 95.0 Å². The van der Waals surface area contributed by atoms with Gasteiger partial charge in [0, 0.05) is 24.2 Å². The Balaban J connectivity index is 2.12. The predicted octanol–water partition coefficient (Wildman–Crippen LogP) is 1.27. The van der Waals surface area contributed by atoms with Crippen molar-refractivity contribution in [3.05, 3.63) is 24.0 Å². The molecule has 4 heteroatoms. The average Bonchev–Trinajstić information content (AvgIpc) is 2.39. The normalized spacial score (nSPS) is 20.4. The van der Waals surface area contributed by atoms with E-state index in [1.807, 2.05) is 0 Å². The van der Waals surface area contributed by atoms with Gasteiger partial charge in [-0.2, -0.15) is 0 Å². The van der Waals surface area contributed by atoms with Crippen LogP contribution in [0.5, 0.6) is 5.75 Å². The van der Waals surface area contributed by atoms with Gasteiger partial charge in [0.25, 0.3) is 0 Å². The number of carbonyl (C=O) groups excluding carboxylic acids is 1. The van der Waals surface area contributed by atoms with Crippen LogP contribution in [0.15, 0.2) is 18.5 Å². The standard InChI is InChI=1S/C12H16N2O2/c1-16-11-5-10(7-14-8-11)12(15)9-3-2-4-13-6-9/h5,7-9,13H,2-4,6H2,1H3. The van der Waals surface area contributed by atoms with Crippen LogP contribution in [0.4, 0.5) is 0 Å². The zero-order chi connectivity index (χ0) is 11.4. The van der Waals surface area contributed by atoms with Gasteiger partial charge in [0.1, 0.15) is 5.75 Å². The SMILES string of the molecule is COc1cncc(C(=O)C2CCCNC2)c1. The average molecular weight is 220 g/mol. The summed E-state index contributed by atoms with van der Waals surface area (Å²) in [6.45, 7) is 1.79. The third-order valence-electron chi connectivity index (χ3n) is 2.90. The Kier molecular flexibility index (Phi) is 3.51. The van der Waals surface area contributed by atoms with Crippen LogP contribution >= 0.6 is 0 Å². The highest BCUT2D eigenvalue weighted by Gasteiger charge is 2.22. The van der Waals surface area contributed by atoms with Gasteiger partial charge >= 0.3 is 0 Å². The summed E-state index contributed by atoms with van der Waals surface area (Å²) in [4.78, 5) is 16.1. The number of methoxy groups -OCH3 is 1. The first-order valence-electron chi connectivity index (χ1n) is 5.55. The number of nitrogens with one attached hydrogen (secondary N) is 1. The van der Waals surface area contributed by atoms with Crippen LogP contribution < -0.4 is 10.1 Å². The van der Waals surface area contributed by atoms with E-state index in [0.29, 0.717) is 11.3 Å². The largest absolute Gasteiger partial charge is 0.495 e. The number of ketones is 1. The Morgan fingerprint density at radius 3 is 3.12 bits per heavy atom. The molecule has 2 rings (SSSR count). The van der Waals surface area contributed by atoms with Gasteiger partial charge in [0.05, 0.1) is 13.3 Å². The van der Waals surface area contributed by atoms with E-state index in [1.165, 1.54) is 0 Å². The molecule has 1 aliphatic heterocycles. The smallest absolute Gasteiger partial charge is 0.168 e. The lowest BCUT2D eigenvalue weighted by Crippen LogP contribution is -2.34. The Bertz CT molecular complexity index is 373. The first-order valence-corrected chi connectivity index (χ1v) is 5.55. The molecular formula is C12H16N2O2. The number of piperidine rings is 1. The molecule has 4 nitrogen and oxygen atoms in total. The molecule has 1 unspecified atom stereocenters. The van der Waals surface area contributed by atoms with E-state index in [2.05, 4.69) is 10.3 Å². The van der Waals surface area contributed by atoms with E-state index >= 15 is 0 Å². The molecule has 2 heterocycles. The Hall–Kier alpha value is -1.42. The molecule has 0 aromatic carbocycles. The van der Waals surface area contributed by atoms with Crippen LogP contribution in [-0.4, -0.2) is 31.0 Å². The molecule has 1 atom stereocenters. The fourth-order valence-electron chi connectivity index (χ4n) is 1.98. The zero-order valence-electron chi connectivity index (χ0n) is 9.40. The van der Waals surface area contributed by atoms with Crippen LogP contribution in [0.25, 0.3) is 0 Å². The van der Waals surface area contributed by atoms with Gasteiger partial charge in [-0.3, -0.25) is 9.78 Å². The van der Waals surface area contributed by atoms with Crippen LogP contribution in [-0.2, 0) is 0 Å². The van der Waals surface area contributed by atoms with E-state index in [9.17, 15) is 4.79 Å². The monoisotopic (exact) mass is 220 g/mol. The van der Waals surface area contributed by atoms with E-state index in [1.54, 1.807) is 25.6 Å². The van der Waals surface area contributed by atoms with Crippen LogP contribution in [0.1, 0.15) is 23.2 Å². The maximum atomic E-state index is 12.1. The molecule has 0 amide bonds. The predicted molar refractivity (Wildman–Crippen MR) is 60.7 cm³/mol. The maximum Gasteiger partial charge on any atom is 0.168 e. The van der Waals surface area contributed by atoms with E-state index in [4.69, 9.17) is 4.74 Å². The number of ether oxygens (including phenoxy) is 1. The highest BCUT2D eigenvalue weighted by Crippen LogP contribution is 2.18. The minimum absolute atomic E-state index is 0.0858. The fourth-order valence-corrected chi connectivity index (χ4v) is 1.98. The molecule has 1 saturated heterocycles. The number of aromatic nitrogens is 1. The zero-order valence-corrected chi connectivity index (χ0v) is 9.40. The summed E-state index contributed by atoms with van der Waals surface area (Å²) < 4.78 is 5.06. The lowest BCUT2D eigenvalue weighted by Gasteiger charge is -2.21. The van der Waals surface area contributed by atoms with Crippen molar-refractivity contribution in [1.29, 1.82) is 0 Å². The second kappa shape index (κ2) is 5.07. The van der Waals surface area contributed by atoms with Crippen LogP contribution in [0, 0.1) is 5.92 Å². The van der Waals surface area contributed by atoms with Gasteiger partial charge in [-0.25, -0.2) is 0 Å². The molecule has 1 fully saturated rings. The summed E-state index contributed by atoms with van der Waals surface area (Å²) in [7, 11) is 1.58. The lowest BCUT2D eigenvalue weighted by atomic mass is 9.92. The number of nitrogens with zero attached hydrogens (tertiary/aromatic N) is 1. The van der Waals surface area contributed by atoms with Crippen molar-refractivity contribution >= 4 is 5.78 Å². The minimum atomic E-state index is 0.0858. The van der Waals surface area contributed by atoms with Crippen LogP contribution in [0.3, 0.4) is 0 Å². The van der Waals surface area contributed by atoms with Gasteiger partial charge in [0.2, 0.25) is 0 Å². The fraction of sp³-hybridized carbons (Fsp3) is 0.500. The van der Waals surface area contributed by atoms with Crippen molar-refractivity contribution in [3.63, 3.8) is 0 Å². The molecule has 0 radical (unpaired) electrons. The summed E-state index contributed by atoms with van der Waals surface area (Å²) >= 11 is 0. The molecule has 16 heavy (non-hydrogen) atoms. The molecular weight excluding hydrogens is 204 g/mol. The number of carbonyl (C=O) groups is 1. The second-order valence-corrected chi connectivity index (χ2v) is 4.02. The van der Waals surface area contributed by atoms with Crippen molar-refractivity contribution in [2.24, 2.45) is 5.92 Å². The number of hydrogen-bond acceptors (Lipinski definition) is 4. The van der Waals surface area contributed by atoms with Gasteiger partial charge in [-0.15, -0.1) is 0 Å². The quantitative estimate of drug-likeness (QED) is 0.779. The van der Waals surface area contributed by atoms with Gasteiger partial charge in [-0.1, -0.05) is 0 Å². The highest BCUT2D eigenvalue weighted by atomic mass is 16.5. The summed E-state index contributed by atoms with van der Waals surface area (Å²) in [6.07, 6.45) is 5.24. The number of hydrogen-bond donors (Lipinski definition) is 1. The van der Waals surface area contributed by atoms with Gasteiger partial charge in [-0.05, 0) is 25.5 Å². The Morgan fingerprint density at radius 1 is 1.56 bits per heavy atom. The molecule has 1 aliphatic rings. The van der Waals surface area contributed by atoms with E-state index in [0.717, 1.165) is 25.9 Å². The Morgan fingerprint density at radius 2 is 2.44 bits per heavy atom. The van der Waals surface area contributed by atoms with Crippen molar-refractivity contribution in [2.45, 2.75) is 12.8 Å². The van der Waals surface area contributed by atoms with Crippen molar-refractivity contribution < 1.29 is 9.53 Å². The van der Waals surface area contributed by atoms with Gasteiger partial charge in [0.15, 0.2) is 5.78 Å². The summed E-state index contributed by atoms with van der Waals surface area (Å²) in [5, 5.41) is 3.24. The van der Waals surface area contributed by atoms with Crippen molar-refractivity contribution in [3.8, 4) is 5.75 Å². The van der Waals surface area contributed by atoms with Crippen LogP contribution in [0.2, 0.25) is 0 Å². The third-order valence-corrected chi connectivity index (χ3v) is 2.90. The minimum Gasteiger partial charge on any atom is -0.495 e. The number of rotatable bonds is 3. The molecule has 86 valence electrons.